The lowest BCUT2D eigenvalue weighted by molar-refractivity contribution is -0.122. The molecule has 1 rings (SSSR count). The first kappa shape index (κ1) is 13.0. The van der Waals surface area contributed by atoms with Gasteiger partial charge >= 0.3 is 0 Å². The monoisotopic (exact) mass is 237 g/mol. The minimum Gasteiger partial charge on any atom is -0.486 e. The van der Waals surface area contributed by atoms with Crippen LogP contribution in [0.5, 0.6) is 11.5 Å². The number of carbonyl (C=O) groups excluding carboxylic acids is 2. The smallest absolute Gasteiger partial charge is 0.257 e. The highest BCUT2D eigenvalue weighted by Crippen LogP contribution is 2.19. The van der Waals surface area contributed by atoms with Crippen molar-refractivity contribution in [3.8, 4) is 11.5 Å². The van der Waals surface area contributed by atoms with Gasteiger partial charge in [0.05, 0.1) is 0 Å². The third-order valence-electron chi connectivity index (χ3n) is 1.90. The Kier molecular flexibility index (Phi) is 5.00. The zero-order valence-corrected chi connectivity index (χ0v) is 9.86. The lowest BCUT2D eigenvalue weighted by Crippen LogP contribution is -2.24. The number of ether oxygens (including phenoxy) is 2. The van der Waals surface area contributed by atoms with Gasteiger partial charge in [-0.15, -0.1) is 0 Å². The lowest BCUT2D eigenvalue weighted by Gasteiger charge is -2.07. The van der Waals surface area contributed by atoms with Crippen molar-refractivity contribution in [1.82, 2.24) is 5.32 Å². The Balaban J connectivity index is 2.53. The van der Waals surface area contributed by atoms with Gasteiger partial charge in [0, 0.05) is 13.1 Å². The molecule has 1 aromatic carbocycles. The zero-order valence-electron chi connectivity index (χ0n) is 9.86. The highest BCUT2D eigenvalue weighted by molar-refractivity contribution is 5.77. The lowest BCUT2D eigenvalue weighted by atomic mass is 10.3. The second-order valence-electron chi connectivity index (χ2n) is 3.43. The Hall–Kier alpha value is -2.04. The van der Waals surface area contributed by atoms with Crippen LogP contribution in [0.25, 0.3) is 0 Å². The van der Waals surface area contributed by atoms with Crippen molar-refractivity contribution in [2.75, 3.05) is 20.3 Å². The number of ketones is 1. The molecule has 0 aromatic heterocycles. The fraction of sp³-hybridized carbons (Fsp3) is 0.333. The second kappa shape index (κ2) is 6.52. The minimum absolute atomic E-state index is 0.0267. The number of benzene rings is 1. The van der Waals surface area contributed by atoms with Crippen LogP contribution >= 0.6 is 0 Å². The Labute approximate surface area is 99.7 Å². The molecule has 0 radical (unpaired) electrons. The molecule has 0 aliphatic heterocycles. The normalized spacial score (nSPS) is 9.53. The largest absolute Gasteiger partial charge is 0.486 e. The Bertz CT molecular complexity index is 403. The molecular formula is C12H15NO4. The van der Waals surface area contributed by atoms with Crippen molar-refractivity contribution < 1.29 is 19.1 Å². The van der Waals surface area contributed by atoms with Gasteiger partial charge in [0.1, 0.15) is 18.1 Å². The molecule has 1 aromatic rings. The van der Waals surface area contributed by atoms with Gasteiger partial charge in [-0.1, -0.05) is 6.07 Å². The highest BCUT2D eigenvalue weighted by Gasteiger charge is 2.02. The number of rotatable bonds is 6. The number of amides is 1. The molecule has 0 saturated heterocycles. The summed E-state index contributed by atoms with van der Waals surface area (Å²) in [6, 6.07) is 6.79. The fourth-order valence-electron chi connectivity index (χ4n) is 1.06. The summed E-state index contributed by atoms with van der Waals surface area (Å²) in [5.74, 6) is 0.797. The Morgan fingerprint density at radius 3 is 2.29 bits per heavy atom. The molecule has 0 aliphatic rings. The van der Waals surface area contributed by atoms with E-state index in [1.54, 1.807) is 24.3 Å². The summed E-state index contributed by atoms with van der Waals surface area (Å²) in [6.45, 7) is 1.43. The summed E-state index contributed by atoms with van der Waals surface area (Å²) in [5, 5.41) is 2.45. The van der Waals surface area contributed by atoms with Gasteiger partial charge in [0.2, 0.25) is 0 Å². The SMILES string of the molecule is CNC(=O)COc1cccc(OCC(C)=O)c1. The predicted molar refractivity (Wildman–Crippen MR) is 62.2 cm³/mol. The van der Waals surface area contributed by atoms with Gasteiger partial charge < -0.3 is 14.8 Å². The maximum absolute atomic E-state index is 11.0. The molecule has 0 saturated carbocycles. The number of Topliss-reactive ketones (excluding diaryl/α,β-unsaturated/α-hetero) is 1. The van der Waals surface area contributed by atoms with Crippen LogP contribution in [0.2, 0.25) is 0 Å². The summed E-state index contributed by atoms with van der Waals surface area (Å²) >= 11 is 0. The average Bonchev–Trinajstić information content (AvgIpc) is 2.34. The van der Waals surface area contributed by atoms with E-state index in [0.717, 1.165) is 0 Å². The minimum atomic E-state index is -0.208. The summed E-state index contributed by atoms with van der Waals surface area (Å²) in [5.41, 5.74) is 0. The third kappa shape index (κ3) is 5.01. The van der Waals surface area contributed by atoms with Crippen LogP contribution in [0.4, 0.5) is 0 Å². The standard InChI is InChI=1S/C12H15NO4/c1-9(14)7-16-10-4-3-5-11(6-10)17-8-12(15)13-2/h3-6H,7-8H2,1-2H3,(H,13,15). The van der Waals surface area contributed by atoms with Crippen LogP contribution in [-0.4, -0.2) is 32.0 Å². The van der Waals surface area contributed by atoms with E-state index in [2.05, 4.69) is 5.32 Å². The predicted octanol–water partition coefficient (Wildman–Crippen LogP) is 0.779. The van der Waals surface area contributed by atoms with E-state index >= 15 is 0 Å². The van der Waals surface area contributed by atoms with E-state index in [0.29, 0.717) is 11.5 Å². The Morgan fingerprint density at radius 2 is 1.76 bits per heavy atom. The molecular weight excluding hydrogens is 222 g/mol. The molecule has 5 nitrogen and oxygen atoms in total. The number of hydrogen-bond donors (Lipinski definition) is 1. The molecule has 0 spiro atoms. The van der Waals surface area contributed by atoms with Crippen molar-refractivity contribution >= 4 is 11.7 Å². The van der Waals surface area contributed by atoms with Gasteiger partial charge in [-0.25, -0.2) is 0 Å². The second-order valence-corrected chi connectivity index (χ2v) is 3.43. The van der Waals surface area contributed by atoms with Crippen molar-refractivity contribution in [3.05, 3.63) is 24.3 Å². The van der Waals surface area contributed by atoms with E-state index in [-0.39, 0.29) is 24.9 Å². The van der Waals surface area contributed by atoms with Crippen molar-refractivity contribution in [2.45, 2.75) is 6.92 Å². The zero-order chi connectivity index (χ0) is 12.7. The van der Waals surface area contributed by atoms with E-state index in [1.165, 1.54) is 14.0 Å². The van der Waals surface area contributed by atoms with E-state index in [9.17, 15) is 9.59 Å². The number of hydrogen-bond acceptors (Lipinski definition) is 4. The maximum atomic E-state index is 11.0. The van der Waals surface area contributed by atoms with Gasteiger partial charge in [0.15, 0.2) is 12.4 Å². The summed E-state index contributed by atoms with van der Waals surface area (Å²) < 4.78 is 10.4. The average molecular weight is 237 g/mol. The first-order valence-corrected chi connectivity index (χ1v) is 5.17. The van der Waals surface area contributed by atoms with Gasteiger partial charge in [0.25, 0.3) is 5.91 Å². The number of likely N-dealkylation sites (N-methyl/N-ethyl adjacent to an activating group) is 1. The van der Waals surface area contributed by atoms with Crippen LogP contribution in [0.3, 0.4) is 0 Å². The molecule has 1 N–H and O–H groups in total. The van der Waals surface area contributed by atoms with Gasteiger partial charge in [-0.2, -0.15) is 0 Å². The van der Waals surface area contributed by atoms with Gasteiger partial charge in [-0.05, 0) is 19.1 Å². The first-order chi connectivity index (χ1) is 8.11. The molecule has 0 heterocycles. The van der Waals surface area contributed by atoms with Crippen molar-refractivity contribution in [2.24, 2.45) is 0 Å². The fourth-order valence-corrected chi connectivity index (χ4v) is 1.06. The Morgan fingerprint density at radius 1 is 1.18 bits per heavy atom. The van der Waals surface area contributed by atoms with Crippen molar-refractivity contribution in [3.63, 3.8) is 0 Å². The van der Waals surface area contributed by atoms with E-state index in [1.807, 2.05) is 0 Å². The number of carbonyl (C=O) groups is 2. The van der Waals surface area contributed by atoms with Crippen LogP contribution in [-0.2, 0) is 9.59 Å². The molecule has 0 unspecified atom stereocenters. The number of nitrogens with one attached hydrogen (secondary N) is 1. The molecule has 1 amide bonds. The molecule has 0 atom stereocenters. The van der Waals surface area contributed by atoms with Crippen LogP contribution in [0.1, 0.15) is 6.92 Å². The summed E-state index contributed by atoms with van der Waals surface area (Å²) in [6.07, 6.45) is 0. The highest BCUT2D eigenvalue weighted by atomic mass is 16.5. The van der Waals surface area contributed by atoms with Crippen LogP contribution in [0, 0.1) is 0 Å². The first-order valence-electron chi connectivity index (χ1n) is 5.17. The molecule has 0 fully saturated rings. The quantitative estimate of drug-likeness (QED) is 0.794. The summed E-state index contributed by atoms with van der Waals surface area (Å²) in [4.78, 5) is 21.7. The molecule has 5 heteroatoms. The third-order valence-corrected chi connectivity index (χ3v) is 1.90. The van der Waals surface area contributed by atoms with E-state index in [4.69, 9.17) is 9.47 Å². The topological polar surface area (TPSA) is 64.6 Å². The maximum Gasteiger partial charge on any atom is 0.257 e. The molecule has 92 valence electrons. The summed E-state index contributed by atoms with van der Waals surface area (Å²) in [7, 11) is 1.54. The van der Waals surface area contributed by atoms with E-state index < -0.39 is 0 Å². The van der Waals surface area contributed by atoms with Crippen LogP contribution < -0.4 is 14.8 Å². The molecule has 17 heavy (non-hydrogen) atoms. The molecule has 0 bridgehead atoms. The molecule has 0 aliphatic carbocycles. The van der Waals surface area contributed by atoms with Gasteiger partial charge in [-0.3, -0.25) is 9.59 Å². The van der Waals surface area contributed by atoms with Crippen molar-refractivity contribution in [1.29, 1.82) is 0 Å². The van der Waals surface area contributed by atoms with Crippen LogP contribution in [0.15, 0.2) is 24.3 Å².